The first kappa shape index (κ1) is 32.1. The number of morpholine rings is 1. The lowest BCUT2D eigenvalue weighted by molar-refractivity contribution is -0.140. The molecule has 228 valence electrons. The van der Waals surface area contributed by atoms with Crippen molar-refractivity contribution in [3.8, 4) is 0 Å². The monoisotopic (exact) mass is 617 g/mol. The molecule has 0 aromatic heterocycles. The van der Waals surface area contributed by atoms with Crippen LogP contribution >= 0.6 is 11.6 Å². The van der Waals surface area contributed by atoms with Crippen LogP contribution in [0.1, 0.15) is 48.8 Å². The van der Waals surface area contributed by atoms with Gasteiger partial charge in [-0.05, 0) is 54.5 Å². The molecule has 2 unspecified atom stereocenters. The fraction of sp³-hybridized carbons (Fsp3) is 0.500. The van der Waals surface area contributed by atoms with Crippen molar-refractivity contribution in [1.82, 2.24) is 19.8 Å². The lowest BCUT2D eigenvalue weighted by atomic mass is 10.1. The number of amides is 3. The highest BCUT2D eigenvalue weighted by atomic mass is 35.5. The van der Waals surface area contributed by atoms with Gasteiger partial charge in [0, 0.05) is 44.2 Å². The minimum atomic E-state index is -1.53. The van der Waals surface area contributed by atoms with Gasteiger partial charge in [-0.1, -0.05) is 48.0 Å². The molecule has 0 bridgehead atoms. The number of nitrogens with zero attached hydrogens (tertiary/aromatic N) is 2. The number of benzene rings is 2. The highest BCUT2D eigenvalue weighted by Crippen LogP contribution is 2.22. The number of hydrogen-bond donors (Lipinski definition) is 3. The van der Waals surface area contributed by atoms with Crippen LogP contribution in [0.5, 0.6) is 0 Å². The van der Waals surface area contributed by atoms with Crippen molar-refractivity contribution in [1.29, 1.82) is 0 Å². The summed E-state index contributed by atoms with van der Waals surface area (Å²) in [7, 11) is -1.53. The molecule has 2 aliphatic rings. The lowest BCUT2D eigenvalue weighted by Crippen LogP contribution is -2.52. The van der Waals surface area contributed by atoms with Crippen LogP contribution < -0.4 is 15.8 Å². The Balaban J connectivity index is 1.40. The Morgan fingerprint density at radius 1 is 1.07 bits per heavy atom. The fourth-order valence-electron chi connectivity index (χ4n) is 5.35. The number of nitrogens with one attached hydrogen (secondary N) is 2. The Kier molecular flexibility index (Phi) is 12.3. The number of carbonyl (C=O) groups is 3. The van der Waals surface area contributed by atoms with E-state index < -0.39 is 23.1 Å². The highest BCUT2D eigenvalue weighted by Gasteiger charge is 2.37. The Hall–Kier alpha value is -2.83. The zero-order valence-corrected chi connectivity index (χ0v) is 25.3. The smallest absolute Gasteiger partial charge is 0.243 e. The van der Waals surface area contributed by atoms with E-state index in [1.165, 1.54) is 0 Å². The molecule has 4 rings (SSSR count). The summed E-state index contributed by atoms with van der Waals surface area (Å²) in [6, 6.07) is 13.3. The number of nitrogens with two attached hydrogens (primary N) is 1. The standard InChI is InChI=1S/C30H40ClN5O5S/c31-25-12-11-23(19-32)24(18-25)20-33-29(38)27-9-5-13-36(27)30(39)26(34-42(40)21-22-6-2-1-3-7-22)8-4-10-28(37)35-14-16-41-17-15-35/h1-3,6-7,11-12,18,26-27,34H,4-5,8-10,13-17,19-21,32H2,(H,33,38)/t26?,27-,42?/m0/s1. The van der Waals surface area contributed by atoms with E-state index in [-0.39, 0.29) is 36.4 Å². The Morgan fingerprint density at radius 2 is 1.83 bits per heavy atom. The van der Waals surface area contributed by atoms with Gasteiger partial charge in [0.25, 0.3) is 0 Å². The van der Waals surface area contributed by atoms with Gasteiger partial charge in [0.05, 0.1) is 36.0 Å². The third kappa shape index (κ3) is 9.08. The predicted octanol–water partition coefficient (Wildman–Crippen LogP) is 2.26. The maximum atomic E-state index is 13.8. The molecular weight excluding hydrogens is 578 g/mol. The van der Waals surface area contributed by atoms with E-state index in [0.29, 0.717) is 70.1 Å². The Labute approximate surface area is 254 Å². The number of rotatable bonds is 13. The number of likely N-dealkylation sites (tertiary alicyclic amines) is 1. The van der Waals surface area contributed by atoms with Crippen LogP contribution in [0.2, 0.25) is 5.02 Å². The molecule has 0 saturated carbocycles. The molecule has 2 heterocycles. The van der Waals surface area contributed by atoms with Crippen molar-refractivity contribution in [2.75, 3.05) is 32.8 Å². The molecule has 42 heavy (non-hydrogen) atoms. The largest absolute Gasteiger partial charge is 0.378 e. The third-order valence-electron chi connectivity index (χ3n) is 7.64. The lowest BCUT2D eigenvalue weighted by Gasteiger charge is -2.29. The van der Waals surface area contributed by atoms with Gasteiger partial charge in [0.15, 0.2) is 0 Å². The summed E-state index contributed by atoms with van der Waals surface area (Å²) in [5.41, 5.74) is 8.44. The Bertz CT molecular complexity index is 1240. The van der Waals surface area contributed by atoms with E-state index >= 15 is 0 Å². The van der Waals surface area contributed by atoms with E-state index in [2.05, 4.69) is 10.0 Å². The van der Waals surface area contributed by atoms with Crippen LogP contribution in [0, 0.1) is 0 Å². The predicted molar refractivity (Wildman–Crippen MR) is 162 cm³/mol. The van der Waals surface area contributed by atoms with Crippen molar-refractivity contribution in [2.45, 2.75) is 63.0 Å². The second-order valence-corrected chi connectivity index (χ2v) is 12.2. The minimum absolute atomic E-state index is 0.0196. The molecule has 2 saturated heterocycles. The molecule has 0 aliphatic carbocycles. The molecule has 4 N–H and O–H groups in total. The molecule has 0 spiro atoms. The molecule has 0 radical (unpaired) electrons. The van der Waals surface area contributed by atoms with Gasteiger partial charge in [-0.15, -0.1) is 0 Å². The van der Waals surface area contributed by atoms with E-state index in [1.807, 2.05) is 36.4 Å². The zero-order chi connectivity index (χ0) is 29.9. The van der Waals surface area contributed by atoms with Crippen molar-refractivity contribution in [2.24, 2.45) is 5.73 Å². The summed E-state index contributed by atoms with van der Waals surface area (Å²) in [4.78, 5) is 43.2. The van der Waals surface area contributed by atoms with Crippen LogP contribution in [0.4, 0.5) is 0 Å². The molecule has 3 atom stereocenters. The first-order valence-corrected chi connectivity index (χ1v) is 16.1. The van der Waals surface area contributed by atoms with Crippen molar-refractivity contribution < 1.29 is 23.3 Å². The molecule has 2 aromatic rings. The normalized spacial score (nSPS) is 18.5. The summed E-state index contributed by atoms with van der Waals surface area (Å²) in [5.74, 6) is -0.274. The summed E-state index contributed by atoms with van der Waals surface area (Å²) in [5, 5.41) is 3.50. The van der Waals surface area contributed by atoms with E-state index in [9.17, 15) is 18.6 Å². The molecule has 2 aromatic carbocycles. The first-order valence-electron chi connectivity index (χ1n) is 14.4. The van der Waals surface area contributed by atoms with Crippen molar-refractivity contribution in [3.05, 3.63) is 70.2 Å². The van der Waals surface area contributed by atoms with Crippen molar-refractivity contribution in [3.63, 3.8) is 0 Å². The summed E-state index contributed by atoms with van der Waals surface area (Å²) >= 11 is 6.15. The molecule has 2 aliphatic heterocycles. The maximum absolute atomic E-state index is 13.8. The summed E-state index contributed by atoms with van der Waals surface area (Å²) in [6.45, 7) is 3.17. The van der Waals surface area contributed by atoms with Crippen LogP contribution in [0.3, 0.4) is 0 Å². The Morgan fingerprint density at radius 3 is 2.57 bits per heavy atom. The van der Waals surface area contributed by atoms with Gasteiger partial charge in [0.2, 0.25) is 17.7 Å². The van der Waals surface area contributed by atoms with Gasteiger partial charge in [-0.2, -0.15) is 0 Å². The third-order valence-corrected chi connectivity index (χ3v) is 9.02. The van der Waals surface area contributed by atoms with Crippen LogP contribution in [-0.4, -0.2) is 76.7 Å². The van der Waals surface area contributed by atoms with Gasteiger partial charge in [0.1, 0.15) is 6.04 Å². The SMILES string of the molecule is NCc1ccc(Cl)cc1CNC(=O)[C@@H]1CCCN1C(=O)C(CCCC(=O)N1CCOCC1)NS(=O)Cc1ccccc1. The second kappa shape index (κ2) is 16.1. The van der Waals surface area contributed by atoms with Crippen molar-refractivity contribution >= 4 is 40.3 Å². The van der Waals surface area contributed by atoms with Gasteiger partial charge in [-0.3, -0.25) is 14.4 Å². The maximum Gasteiger partial charge on any atom is 0.243 e. The van der Waals surface area contributed by atoms with E-state index in [1.54, 1.807) is 21.9 Å². The van der Waals surface area contributed by atoms with Gasteiger partial charge >= 0.3 is 0 Å². The molecular formula is C30H40ClN5O5S. The topological polar surface area (TPSA) is 134 Å². The van der Waals surface area contributed by atoms with E-state index in [4.69, 9.17) is 22.1 Å². The number of carbonyl (C=O) groups excluding carboxylic acids is 3. The van der Waals surface area contributed by atoms with Crippen LogP contribution in [-0.2, 0) is 48.9 Å². The second-order valence-electron chi connectivity index (χ2n) is 10.6. The molecule has 3 amide bonds. The molecule has 10 nitrogen and oxygen atoms in total. The average Bonchev–Trinajstić information content (AvgIpc) is 3.50. The quantitative estimate of drug-likeness (QED) is 0.316. The average molecular weight is 618 g/mol. The van der Waals surface area contributed by atoms with Gasteiger partial charge < -0.3 is 25.6 Å². The first-order chi connectivity index (χ1) is 20.4. The number of hydrogen-bond acceptors (Lipinski definition) is 6. The number of ether oxygens (including phenoxy) is 1. The highest BCUT2D eigenvalue weighted by molar-refractivity contribution is 7.82. The number of halogens is 1. The summed E-state index contributed by atoms with van der Waals surface area (Å²) in [6.07, 6.45) is 2.27. The molecule has 2 fully saturated rings. The minimum Gasteiger partial charge on any atom is -0.378 e. The fourth-order valence-corrected chi connectivity index (χ4v) is 6.66. The molecule has 12 heteroatoms. The zero-order valence-electron chi connectivity index (χ0n) is 23.8. The van der Waals surface area contributed by atoms with Crippen LogP contribution in [0.25, 0.3) is 0 Å². The van der Waals surface area contributed by atoms with E-state index in [0.717, 1.165) is 16.7 Å². The van der Waals surface area contributed by atoms with Gasteiger partial charge in [-0.25, -0.2) is 8.93 Å². The van der Waals surface area contributed by atoms with Crippen LogP contribution in [0.15, 0.2) is 48.5 Å². The summed E-state index contributed by atoms with van der Waals surface area (Å²) < 4.78 is 21.4.